The molecule has 0 aromatic carbocycles. The van der Waals surface area contributed by atoms with Crippen LogP contribution in [0, 0.1) is 0 Å². The monoisotopic (exact) mass is 220 g/mol. The molecule has 0 fully saturated rings. The molecule has 1 aromatic heterocycles. The van der Waals surface area contributed by atoms with Crippen LogP contribution in [0.5, 0.6) is 0 Å². The van der Waals surface area contributed by atoms with Crippen molar-refractivity contribution in [3.63, 3.8) is 0 Å². The number of aliphatic hydroxyl groups is 1. The Bertz CT molecular complexity index is 385. The fraction of sp³-hybridized carbons (Fsp3) is 0.500. The van der Waals surface area contributed by atoms with Crippen molar-refractivity contribution in [1.82, 2.24) is 4.98 Å². The number of pyridine rings is 1. The van der Waals surface area contributed by atoms with E-state index in [0.29, 0.717) is 5.90 Å². The number of aliphatic imine (C=N–C) groups is 1. The van der Waals surface area contributed by atoms with Crippen molar-refractivity contribution in [3.05, 3.63) is 30.1 Å². The highest BCUT2D eigenvalue weighted by Crippen LogP contribution is 2.30. The number of hydrogen-bond acceptors (Lipinski definition) is 4. The summed E-state index contributed by atoms with van der Waals surface area (Å²) in [6.45, 7) is 3.93. The molecule has 16 heavy (non-hydrogen) atoms. The SMILES string of the molecule is CCC1(CO)N=C(c2ccccn2)OC1C. The summed E-state index contributed by atoms with van der Waals surface area (Å²) in [7, 11) is 0. The van der Waals surface area contributed by atoms with Crippen molar-refractivity contribution in [2.45, 2.75) is 31.9 Å². The van der Waals surface area contributed by atoms with E-state index < -0.39 is 5.54 Å². The standard InChI is InChI=1S/C12H16N2O2/c1-3-12(8-15)9(2)16-11(14-12)10-6-4-5-7-13-10/h4-7,9,15H,3,8H2,1-2H3. The molecule has 86 valence electrons. The van der Waals surface area contributed by atoms with Gasteiger partial charge in [0.1, 0.15) is 17.3 Å². The van der Waals surface area contributed by atoms with E-state index in [-0.39, 0.29) is 12.7 Å². The highest BCUT2D eigenvalue weighted by molar-refractivity contribution is 5.93. The Morgan fingerprint density at radius 1 is 1.50 bits per heavy atom. The Labute approximate surface area is 95.0 Å². The lowest BCUT2D eigenvalue weighted by Crippen LogP contribution is -2.39. The van der Waals surface area contributed by atoms with Gasteiger partial charge in [-0.15, -0.1) is 0 Å². The number of nitrogens with zero attached hydrogens (tertiary/aromatic N) is 2. The third-order valence-electron chi connectivity index (χ3n) is 3.14. The predicted octanol–water partition coefficient (Wildman–Crippen LogP) is 1.39. The van der Waals surface area contributed by atoms with Crippen LogP contribution in [0.25, 0.3) is 0 Å². The van der Waals surface area contributed by atoms with Crippen LogP contribution in [-0.2, 0) is 4.74 Å². The summed E-state index contributed by atoms with van der Waals surface area (Å²) in [6.07, 6.45) is 2.34. The quantitative estimate of drug-likeness (QED) is 0.837. The van der Waals surface area contributed by atoms with Crippen LogP contribution >= 0.6 is 0 Å². The Balaban J connectivity index is 2.33. The maximum absolute atomic E-state index is 9.44. The fourth-order valence-electron chi connectivity index (χ4n) is 1.85. The normalized spacial score (nSPS) is 28.7. The Kier molecular flexibility index (Phi) is 2.92. The summed E-state index contributed by atoms with van der Waals surface area (Å²) < 4.78 is 5.67. The first kappa shape index (κ1) is 11.1. The van der Waals surface area contributed by atoms with Crippen molar-refractivity contribution >= 4 is 5.90 Å². The smallest absolute Gasteiger partial charge is 0.236 e. The van der Waals surface area contributed by atoms with Gasteiger partial charge in [-0.2, -0.15) is 0 Å². The summed E-state index contributed by atoms with van der Waals surface area (Å²) in [5.74, 6) is 0.531. The number of aromatic nitrogens is 1. The molecule has 0 spiro atoms. The number of hydrogen-bond donors (Lipinski definition) is 1. The van der Waals surface area contributed by atoms with Gasteiger partial charge in [0.2, 0.25) is 5.90 Å². The Hall–Kier alpha value is -1.42. The van der Waals surface area contributed by atoms with Gasteiger partial charge in [-0.3, -0.25) is 4.98 Å². The summed E-state index contributed by atoms with van der Waals surface area (Å²) in [5, 5.41) is 9.44. The average Bonchev–Trinajstić information content (AvgIpc) is 2.68. The topological polar surface area (TPSA) is 54.7 Å². The number of ether oxygens (including phenoxy) is 1. The first-order chi connectivity index (χ1) is 7.72. The van der Waals surface area contributed by atoms with Crippen molar-refractivity contribution in [3.8, 4) is 0 Å². The third kappa shape index (κ3) is 1.69. The van der Waals surface area contributed by atoms with Gasteiger partial charge in [0.25, 0.3) is 0 Å². The minimum absolute atomic E-state index is 0.000992. The summed E-state index contributed by atoms with van der Waals surface area (Å²) in [5.41, 5.74) is 0.213. The molecule has 4 heteroatoms. The van der Waals surface area contributed by atoms with Crippen LogP contribution in [0.15, 0.2) is 29.4 Å². The van der Waals surface area contributed by atoms with Crippen molar-refractivity contribution in [1.29, 1.82) is 0 Å². The molecule has 2 heterocycles. The number of aliphatic hydroxyl groups excluding tert-OH is 1. The van der Waals surface area contributed by atoms with E-state index >= 15 is 0 Å². The second kappa shape index (κ2) is 4.22. The van der Waals surface area contributed by atoms with Gasteiger partial charge in [0.15, 0.2) is 0 Å². The molecule has 1 aliphatic heterocycles. The molecule has 1 N–H and O–H groups in total. The van der Waals surface area contributed by atoms with Gasteiger partial charge in [-0.1, -0.05) is 13.0 Å². The van der Waals surface area contributed by atoms with Crippen molar-refractivity contribution in [2.24, 2.45) is 4.99 Å². The molecule has 1 aromatic rings. The van der Waals surface area contributed by atoms with E-state index in [1.807, 2.05) is 32.0 Å². The van der Waals surface area contributed by atoms with Crippen LogP contribution in [-0.4, -0.2) is 34.2 Å². The lowest BCUT2D eigenvalue weighted by atomic mass is 9.93. The summed E-state index contributed by atoms with van der Waals surface area (Å²) >= 11 is 0. The molecular weight excluding hydrogens is 204 g/mol. The van der Waals surface area contributed by atoms with Gasteiger partial charge < -0.3 is 9.84 Å². The van der Waals surface area contributed by atoms with Crippen LogP contribution in [0.1, 0.15) is 26.0 Å². The zero-order chi connectivity index (χ0) is 11.6. The van der Waals surface area contributed by atoms with Crippen molar-refractivity contribution < 1.29 is 9.84 Å². The molecular formula is C12H16N2O2. The molecule has 0 bridgehead atoms. The molecule has 0 radical (unpaired) electrons. The van der Waals surface area contributed by atoms with Gasteiger partial charge in [-0.05, 0) is 25.5 Å². The minimum atomic E-state index is -0.507. The Morgan fingerprint density at radius 2 is 2.31 bits per heavy atom. The maximum Gasteiger partial charge on any atom is 0.236 e. The van der Waals surface area contributed by atoms with Crippen LogP contribution < -0.4 is 0 Å². The lowest BCUT2D eigenvalue weighted by Gasteiger charge is -2.24. The Morgan fingerprint density at radius 3 is 2.81 bits per heavy atom. The zero-order valence-corrected chi connectivity index (χ0v) is 9.55. The van der Waals surface area contributed by atoms with Gasteiger partial charge in [0, 0.05) is 6.20 Å². The first-order valence-corrected chi connectivity index (χ1v) is 5.50. The molecule has 0 saturated carbocycles. The maximum atomic E-state index is 9.44. The van der Waals surface area contributed by atoms with E-state index in [1.54, 1.807) is 6.20 Å². The van der Waals surface area contributed by atoms with Gasteiger partial charge in [-0.25, -0.2) is 4.99 Å². The largest absolute Gasteiger partial charge is 0.471 e. The van der Waals surface area contributed by atoms with E-state index in [9.17, 15) is 5.11 Å². The van der Waals surface area contributed by atoms with E-state index in [0.717, 1.165) is 12.1 Å². The lowest BCUT2D eigenvalue weighted by molar-refractivity contribution is 0.0941. The molecule has 1 aliphatic rings. The van der Waals surface area contributed by atoms with Crippen LogP contribution in [0.4, 0.5) is 0 Å². The van der Waals surface area contributed by atoms with Crippen molar-refractivity contribution in [2.75, 3.05) is 6.61 Å². The molecule has 4 nitrogen and oxygen atoms in total. The van der Waals surface area contributed by atoms with Crippen LogP contribution in [0.3, 0.4) is 0 Å². The molecule has 2 atom stereocenters. The summed E-state index contributed by atoms with van der Waals surface area (Å²) in [4.78, 5) is 8.68. The van der Waals surface area contributed by atoms with Crippen LogP contribution in [0.2, 0.25) is 0 Å². The van der Waals surface area contributed by atoms with Gasteiger partial charge in [0.05, 0.1) is 6.61 Å². The zero-order valence-electron chi connectivity index (χ0n) is 9.55. The molecule has 0 amide bonds. The highest BCUT2D eigenvalue weighted by Gasteiger charge is 2.42. The predicted molar refractivity (Wildman–Crippen MR) is 61.4 cm³/mol. The average molecular weight is 220 g/mol. The van der Waals surface area contributed by atoms with E-state index in [2.05, 4.69) is 9.98 Å². The molecule has 2 unspecified atom stereocenters. The fourth-order valence-corrected chi connectivity index (χ4v) is 1.85. The third-order valence-corrected chi connectivity index (χ3v) is 3.14. The number of rotatable bonds is 3. The highest BCUT2D eigenvalue weighted by atomic mass is 16.5. The molecule has 0 saturated heterocycles. The molecule has 2 rings (SSSR count). The molecule has 0 aliphatic carbocycles. The second-order valence-electron chi connectivity index (χ2n) is 4.01. The summed E-state index contributed by atoms with van der Waals surface area (Å²) in [6, 6.07) is 5.60. The second-order valence-corrected chi connectivity index (χ2v) is 4.01. The van der Waals surface area contributed by atoms with E-state index in [4.69, 9.17) is 4.74 Å². The minimum Gasteiger partial charge on any atom is -0.471 e. The van der Waals surface area contributed by atoms with E-state index in [1.165, 1.54) is 0 Å². The van der Waals surface area contributed by atoms with Gasteiger partial charge >= 0.3 is 0 Å². The first-order valence-electron chi connectivity index (χ1n) is 5.50.